The van der Waals surface area contributed by atoms with Crippen molar-refractivity contribution >= 4 is 0 Å². The van der Waals surface area contributed by atoms with Gasteiger partial charge in [0, 0.05) is 12.6 Å². The first kappa shape index (κ1) is 10.3. The fraction of sp³-hybridized carbons (Fsp3) is 1.00. The molecule has 1 saturated carbocycles. The predicted molar refractivity (Wildman–Crippen MR) is 52.7 cm³/mol. The molecule has 82 valence electrons. The summed E-state index contributed by atoms with van der Waals surface area (Å²) in [6.07, 6.45) is 1.60. The molecule has 3 heteroatoms. The number of nitrogens with one attached hydrogen (secondary N) is 1. The van der Waals surface area contributed by atoms with Gasteiger partial charge in [0.15, 0.2) is 0 Å². The zero-order chi connectivity index (χ0) is 10.1. The first-order chi connectivity index (χ1) is 6.65. The lowest BCUT2D eigenvalue weighted by Crippen LogP contribution is -2.36. The van der Waals surface area contributed by atoms with Crippen molar-refractivity contribution in [1.82, 2.24) is 5.32 Å². The van der Waals surface area contributed by atoms with Crippen molar-refractivity contribution in [2.45, 2.75) is 51.0 Å². The topological polar surface area (TPSA) is 12.0 Å². The largest absolute Gasteiger partial charge is 0.311 e. The molecule has 0 aromatic carbocycles. The zero-order valence-corrected chi connectivity index (χ0v) is 8.68. The Bertz CT molecular complexity index is 188. The highest BCUT2D eigenvalue weighted by Crippen LogP contribution is 2.35. The summed E-state index contributed by atoms with van der Waals surface area (Å²) < 4.78 is 26.3. The molecule has 3 unspecified atom stereocenters. The lowest BCUT2D eigenvalue weighted by Gasteiger charge is -2.33. The van der Waals surface area contributed by atoms with Crippen LogP contribution in [0.5, 0.6) is 0 Å². The van der Waals surface area contributed by atoms with Crippen LogP contribution in [0.4, 0.5) is 8.78 Å². The van der Waals surface area contributed by atoms with E-state index in [1.165, 1.54) is 0 Å². The molecule has 1 aliphatic heterocycles. The minimum absolute atomic E-state index is 0.228. The second kappa shape index (κ2) is 4.13. The van der Waals surface area contributed by atoms with Crippen LogP contribution in [0.15, 0.2) is 0 Å². The van der Waals surface area contributed by atoms with Crippen LogP contribution in [-0.2, 0) is 0 Å². The number of alkyl halides is 2. The van der Waals surface area contributed by atoms with Crippen LogP contribution in [0.2, 0.25) is 0 Å². The highest BCUT2D eigenvalue weighted by atomic mass is 19.1. The summed E-state index contributed by atoms with van der Waals surface area (Å²) in [4.78, 5) is 0. The lowest BCUT2D eigenvalue weighted by atomic mass is 9.77. The van der Waals surface area contributed by atoms with Crippen molar-refractivity contribution in [3.63, 3.8) is 0 Å². The van der Waals surface area contributed by atoms with Gasteiger partial charge < -0.3 is 5.32 Å². The van der Waals surface area contributed by atoms with E-state index in [9.17, 15) is 8.78 Å². The fourth-order valence-electron chi connectivity index (χ4n) is 2.98. The molecule has 0 aromatic heterocycles. The van der Waals surface area contributed by atoms with Gasteiger partial charge in [0.1, 0.15) is 12.3 Å². The number of hydrogen-bond acceptors (Lipinski definition) is 1. The van der Waals surface area contributed by atoms with E-state index in [2.05, 4.69) is 12.2 Å². The van der Waals surface area contributed by atoms with Gasteiger partial charge in [-0.25, -0.2) is 8.78 Å². The maximum absolute atomic E-state index is 13.3. The van der Waals surface area contributed by atoms with E-state index in [1.54, 1.807) is 0 Å². The Balaban J connectivity index is 1.90. The minimum Gasteiger partial charge on any atom is -0.311 e. The number of hydrogen-bond donors (Lipinski definition) is 1. The number of halogens is 2. The van der Waals surface area contributed by atoms with E-state index in [0.29, 0.717) is 37.6 Å². The summed E-state index contributed by atoms with van der Waals surface area (Å²) in [5.74, 6) is 0.818. The summed E-state index contributed by atoms with van der Waals surface area (Å²) in [5, 5.41) is 3.18. The second-order valence-corrected chi connectivity index (χ2v) is 5.02. The molecule has 5 atom stereocenters. The fourth-order valence-corrected chi connectivity index (χ4v) is 2.98. The lowest BCUT2D eigenvalue weighted by molar-refractivity contribution is 0.133. The van der Waals surface area contributed by atoms with Crippen LogP contribution >= 0.6 is 0 Å². The van der Waals surface area contributed by atoms with Gasteiger partial charge in [-0.3, -0.25) is 0 Å². The van der Waals surface area contributed by atoms with Crippen LogP contribution in [0.25, 0.3) is 0 Å². The molecule has 1 N–H and O–H groups in total. The van der Waals surface area contributed by atoms with Crippen LogP contribution in [0, 0.1) is 11.8 Å². The van der Waals surface area contributed by atoms with Gasteiger partial charge in [0.05, 0.1) is 0 Å². The van der Waals surface area contributed by atoms with Gasteiger partial charge in [0.2, 0.25) is 0 Å². The molecular formula is C11H19F2N. The number of rotatable bonds is 1. The molecular weight excluding hydrogens is 184 g/mol. The standard InChI is InChI=1S/C11H19F2N/c1-7-2-8(4-9(12)3-7)11-5-10(13)6-14-11/h7-11,14H,2-6H2,1H3/t7?,8?,9?,10-,11+/m0/s1. The summed E-state index contributed by atoms with van der Waals surface area (Å²) in [5.41, 5.74) is 0. The van der Waals surface area contributed by atoms with Crippen LogP contribution < -0.4 is 5.32 Å². The maximum atomic E-state index is 13.3. The third kappa shape index (κ3) is 2.25. The van der Waals surface area contributed by atoms with E-state index in [0.717, 1.165) is 6.42 Å². The monoisotopic (exact) mass is 203 g/mol. The molecule has 1 aliphatic carbocycles. The smallest absolute Gasteiger partial charge is 0.114 e. The third-order valence-corrected chi connectivity index (χ3v) is 3.60. The second-order valence-electron chi connectivity index (χ2n) is 5.02. The Labute approximate surface area is 84.3 Å². The van der Waals surface area contributed by atoms with Gasteiger partial charge in [-0.2, -0.15) is 0 Å². The Hall–Kier alpha value is -0.180. The van der Waals surface area contributed by atoms with Gasteiger partial charge in [-0.05, 0) is 37.5 Å². The first-order valence-electron chi connectivity index (χ1n) is 5.66. The minimum atomic E-state index is -0.713. The molecule has 2 fully saturated rings. The van der Waals surface area contributed by atoms with Gasteiger partial charge in [-0.15, -0.1) is 0 Å². The average Bonchev–Trinajstić information content (AvgIpc) is 2.50. The highest BCUT2D eigenvalue weighted by Gasteiger charge is 2.35. The molecule has 1 heterocycles. The molecule has 0 spiro atoms. The quantitative estimate of drug-likeness (QED) is 0.690. The van der Waals surface area contributed by atoms with Gasteiger partial charge in [0.25, 0.3) is 0 Å². The average molecular weight is 203 g/mol. The van der Waals surface area contributed by atoms with Crippen molar-refractivity contribution in [3.8, 4) is 0 Å². The third-order valence-electron chi connectivity index (χ3n) is 3.60. The molecule has 1 saturated heterocycles. The van der Waals surface area contributed by atoms with Crippen molar-refractivity contribution in [3.05, 3.63) is 0 Å². The zero-order valence-electron chi connectivity index (χ0n) is 8.68. The van der Waals surface area contributed by atoms with E-state index in [4.69, 9.17) is 0 Å². The van der Waals surface area contributed by atoms with E-state index in [-0.39, 0.29) is 6.04 Å². The molecule has 0 aromatic rings. The Morgan fingerprint density at radius 1 is 1.00 bits per heavy atom. The van der Waals surface area contributed by atoms with Gasteiger partial charge >= 0.3 is 0 Å². The van der Waals surface area contributed by atoms with Crippen molar-refractivity contribution in [2.75, 3.05) is 6.54 Å². The summed E-state index contributed by atoms with van der Waals surface area (Å²) in [7, 11) is 0. The highest BCUT2D eigenvalue weighted by molar-refractivity contribution is 4.90. The molecule has 14 heavy (non-hydrogen) atoms. The molecule has 2 aliphatic rings. The SMILES string of the molecule is CC1CC(F)CC([C@H]2C[C@H](F)CN2)C1. The van der Waals surface area contributed by atoms with E-state index in [1.807, 2.05) is 0 Å². The van der Waals surface area contributed by atoms with Crippen LogP contribution in [0.3, 0.4) is 0 Å². The Morgan fingerprint density at radius 2 is 1.79 bits per heavy atom. The van der Waals surface area contributed by atoms with Crippen LogP contribution in [-0.4, -0.2) is 24.9 Å². The molecule has 2 rings (SSSR count). The molecule has 0 bridgehead atoms. The molecule has 1 nitrogen and oxygen atoms in total. The van der Waals surface area contributed by atoms with Crippen LogP contribution in [0.1, 0.15) is 32.6 Å². The van der Waals surface area contributed by atoms with E-state index < -0.39 is 12.3 Å². The Morgan fingerprint density at radius 3 is 2.36 bits per heavy atom. The summed E-state index contributed by atoms with van der Waals surface area (Å²) in [6, 6.07) is 0.228. The molecule has 0 amide bonds. The van der Waals surface area contributed by atoms with Crippen molar-refractivity contribution in [1.29, 1.82) is 0 Å². The predicted octanol–water partition coefficient (Wildman–Crippen LogP) is 2.46. The Kier molecular flexibility index (Phi) is 3.05. The van der Waals surface area contributed by atoms with Gasteiger partial charge in [-0.1, -0.05) is 6.92 Å². The first-order valence-corrected chi connectivity index (χ1v) is 5.66. The maximum Gasteiger partial charge on any atom is 0.114 e. The van der Waals surface area contributed by atoms with E-state index >= 15 is 0 Å². The summed E-state index contributed by atoms with van der Waals surface area (Å²) in [6.45, 7) is 2.56. The van der Waals surface area contributed by atoms with Crippen molar-refractivity contribution in [2.24, 2.45) is 11.8 Å². The normalized spacial score (nSPS) is 49.5. The summed E-state index contributed by atoms with van der Waals surface area (Å²) >= 11 is 0. The van der Waals surface area contributed by atoms with Crippen molar-refractivity contribution < 1.29 is 8.78 Å². The molecule has 0 radical (unpaired) electrons.